The van der Waals surface area contributed by atoms with Crippen LogP contribution < -0.4 is 14.4 Å². The summed E-state index contributed by atoms with van der Waals surface area (Å²) >= 11 is 6.21. The molecule has 6 nitrogen and oxygen atoms in total. The van der Waals surface area contributed by atoms with Crippen LogP contribution in [0.25, 0.3) is 0 Å². The first-order valence-electron chi connectivity index (χ1n) is 10.4. The molecule has 1 amide bonds. The molecule has 0 radical (unpaired) electrons. The van der Waals surface area contributed by atoms with Crippen LogP contribution in [0.1, 0.15) is 43.9 Å². The molecule has 170 valence electrons. The van der Waals surface area contributed by atoms with Crippen molar-refractivity contribution < 1.29 is 17.9 Å². The maximum Gasteiger partial charge on any atom is 0.244 e. The molecule has 0 saturated heterocycles. The van der Waals surface area contributed by atoms with Crippen molar-refractivity contribution in [2.24, 2.45) is 0 Å². The van der Waals surface area contributed by atoms with Crippen LogP contribution in [0.2, 0.25) is 5.02 Å². The van der Waals surface area contributed by atoms with E-state index in [1.165, 1.54) is 18.7 Å². The molecule has 1 atom stereocenters. The van der Waals surface area contributed by atoms with Gasteiger partial charge in [0.05, 0.1) is 24.1 Å². The highest BCUT2D eigenvalue weighted by Crippen LogP contribution is 2.31. The van der Waals surface area contributed by atoms with Gasteiger partial charge in [-0.15, -0.1) is 0 Å². The fourth-order valence-corrected chi connectivity index (χ4v) is 5.02. The van der Waals surface area contributed by atoms with Gasteiger partial charge in [0.25, 0.3) is 0 Å². The summed E-state index contributed by atoms with van der Waals surface area (Å²) < 4.78 is 31.5. The molecule has 31 heavy (non-hydrogen) atoms. The van der Waals surface area contributed by atoms with Gasteiger partial charge in [0.2, 0.25) is 15.9 Å². The number of nitrogens with zero attached hydrogens (tertiary/aromatic N) is 1. The van der Waals surface area contributed by atoms with Gasteiger partial charge < -0.3 is 10.1 Å². The van der Waals surface area contributed by atoms with Crippen molar-refractivity contribution in [1.82, 2.24) is 5.32 Å². The molecule has 8 heteroatoms. The summed E-state index contributed by atoms with van der Waals surface area (Å²) in [6.45, 7) is 6.27. The van der Waals surface area contributed by atoms with Crippen LogP contribution in [0.4, 0.5) is 5.69 Å². The van der Waals surface area contributed by atoms with Gasteiger partial charge in [-0.2, -0.15) is 0 Å². The van der Waals surface area contributed by atoms with Gasteiger partial charge in [0.15, 0.2) is 0 Å². The fourth-order valence-electron chi connectivity index (χ4n) is 3.56. The van der Waals surface area contributed by atoms with E-state index >= 15 is 0 Å². The number of sulfonamides is 1. The number of aryl methyl sites for hydroxylation is 2. The Morgan fingerprint density at radius 1 is 1.10 bits per heavy atom. The van der Waals surface area contributed by atoms with E-state index in [2.05, 4.69) is 37.4 Å². The van der Waals surface area contributed by atoms with Gasteiger partial charge in [0.1, 0.15) is 11.8 Å². The number of carbonyl (C=O) groups excluding carboxylic acids is 1. The predicted octanol–water partition coefficient (Wildman–Crippen LogP) is 4.33. The van der Waals surface area contributed by atoms with E-state index in [1.54, 1.807) is 19.1 Å². The summed E-state index contributed by atoms with van der Waals surface area (Å²) in [5, 5.41) is 3.20. The Bertz CT molecular complexity index is 1020. The highest BCUT2D eigenvalue weighted by molar-refractivity contribution is 7.92. The van der Waals surface area contributed by atoms with Gasteiger partial charge in [-0.05, 0) is 54.2 Å². The lowest BCUT2D eigenvalue weighted by Crippen LogP contribution is -2.49. The number of benzene rings is 2. The summed E-state index contributed by atoms with van der Waals surface area (Å²) in [5.41, 5.74) is 3.72. The van der Waals surface area contributed by atoms with Gasteiger partial charge in [-0.1, -0.05) is 50.6 Å². The molecular formula is C23H31ClN2O4S. The number of rotatable bonds is 10. The van der Waals surface area contributed by atoms with E-state index in [-0.39, 0.29) is 10.9 Å². The number of hydrogen-bond acceptors (Lipinski definition) is 4. The molecule has 1 N–H and O–H groups in total. The van der Waals surface area contributed by atoms with Gasteiger partial charge in [-0.3, -0.25) is 9.10 Å². The predicted molar refractivity (Wildman–Crippen MR) is 126 cm³/mol. The van der Waals surface area contributed by atoms with E-state index < -0.39 is 16.1 Å². The number of carbonyl (C=O) groups is 1. The third-order valence-corrected chi connectivity index (χ3v) is 6.71. The van der Waals surface area contributed by atoms with Crippen LogP contribution in [0, 0.1) is 0 Å². The van der Waals surface area contributed by atoms with E-state index in [0.29, 0.717) is 24.4 Å². The first kappa shape index (κ1) is 25.0. The zero-order valence-electron chi connectivity index (χ0n) is 18.7. The number of hydrogen-bond donors (Lipinski definition) is 1. The monoisotopic (exact) mass is 466 g/mol. The molecule has 0 unspecified atom stereocenters. The molecule has 0 bridgehead atoms. The average molecular weight is 467 g/mol. The van der Waals surface area contributed by atoms with Crippen molar-refractivity contribution in [3.63, 3.8) is 0 Å². The SMILES string of the molecule is CCc1ccc(CC)c(CNC(=O)[C@@H](CC)N(c2ccc(OC)c(Cl)c2)S(C)(=O)=O)c1. The third-order valence-electron chi connectivity index (χ3n) is 5.23. The number of ether oxygens (including phenoxy) is 1. The summed E-state index contributed by atoms with van der Waals surface area (Å²) in [6.07, 6.45) is 3.15. The molecule has 2 aromatic rings. The first-order chi connectivity index (χ1) is 14.7. The zero-order valence-corrected chi connectivity index (χ0v) is 20.3. The van der Waals surface area contributed by atoms with Crippen LogP contribution in [-0.2, 0) is 34.2 Å². The first-order valence-corrected chi connectivity index (χ1v) is 12.6. The summed E-state index contributed by atoms with van der Waals surface area (Å²) in [4.78, 5) is 13.1. The highest BCUT2D eigenvalue weighted by Gasteiger charge is 2.31. The molecule has 0 spiro atoms. The summed E-state index contributed by atoms with van der Waals surface area (Å²) in [6, 6.07) is 10.0. The van der Waals surface area contributed by atoms with E-state index in [4.69, 9.17) is 16.3 Å². The zero-order chi connectivity index (χ0) is 23.2. The van der Waals surface area contributed by atoms with Crippen molar-refractivity contribution >= 4 is 33.2 Å². The quantitative estimate of drug-likeness (QED) is 0.565. The van der Waals surface area contributed by atoms with Crippen molar-refractivity contribution in [3.05, 3.63) is 58.1 Å². The van der Waals surface area contributed by atoms with Crippen LogP contribution in [0.15, 0.2) is 36.4 Å². The minimum Gasteiger partial charge on any atom is -0.495 e. The maximum absolute atomic E-state index is 13.1. The standard InChI is InChI=1S/C23H31ClN2O4S/c1-6-16-9-10-17(7-2)18(13-16)15-25-23(27)21(8-3)26(31(5,28)29)19-11-12-22(30-4)20(24)14-19/h9-14,21H,6-8,15H2,1-5H3,(H,25,27)/t21-/m1/s1. The topological polar surface area (TPSA) is 75.7 Å². The normalized spacial score (nSPS) is 12.3. The van der Waals surface area contributed by atoms with Crippen LogP contribution in [0.5, 0.6) is 5.75 Å². The molecule has 0 heterocycles. The number of anilines is 1. The van der Waals surface area contributed by atoms with Crippen LogP contribution in [0.3, 0.4) is 0 Å². The Morgan fingerprint density at radius 3 is 2.32 bits per heavy atom. The van der Waals surface area contributed by atoms with Crippen molar-refractivity contribution in [2.45, 2.75) is 52.6 Å². The number of halogens is 1. The Labute approximate surface area is 190 Å². The van der Waals surface area contributed by atoms with Crippen LogP contribution >= 0.6 is 11.6 Å². The Morgan fingerprint density at radius 2 is 1.81 bits per heavy atom. The lowest BCUT2D eigenvalue weighted by Gasteiger charge is -2.30. The second-order valence-electron chi connectivity index (χ2n) is 7.33. The van der Waals surface area contributed by atoms with Crippen LogP contribution in [-0.4, -0.2) is 33.7 Å². The molecule has 2 rings (SSSR count). The van der Waals surface area contributed by atoms with E-state index in [1.807, 2.05) is 0 Å². The third kappa shape index (κ3) is 6.14. The molecule has 0 saturated carbocycles. The van der Waals surface area contributed by atoms with Gasteiger partial charge in [0, 0.05) is 6.54 Å². The fraction of sp³-hybridized carbons (Fsp3) is 0.435. The number of nitrogens with one attached hydrogen (secondary N) is 1. The van der Waals surface area contributed by atoms with Crippen molar-refractivity contribution in [2.75, 3.05) is 17.7 Å². The second kappa shape index (κ2) is 10.9. The smallest absolute Gasteiger partial charge is 0.244 e. The lowest BCUT2D eigenvalue weighted by molar-refractivity contribution is -0.122. The maximum atomic E-state index is 13.1. The molecule has 2 aromatic carbocycles. The van der Waals surface area contributed by atoms with Gasteiger partial charge >= 0.3 is 0 Å². The van der Waals surface area contributed by atoms with E-state index in [0.717, 1.165) is 34.5 Å². The molecule has 0 aliphatic carbocycles. The van der Waals surface area contributed by atoms with E-state index in [9.17, 15) is 13.2 Å². The highest BCUT2D eigenvalue weighted by atomic mass is 35.5. The number of methoxy groups -OCH3 is 1. The molecule has 0 aliphatic rings. The van der Waals surface area contributed by atoms with Gasteiger partial charge in [-0.25, -0.2) is 8.42 Å². The summed E-state index contributed by atoms with van der Waals surface area (Å²) in [7, 11) is -2.26. The lowest BCUT2D eigenvalue weighted by atomic mass is 10.0. The van der Waals surface area contributed by atoms with Crippen molar-refractivity contribution in [1.29, 1.82) is 0 Å². The second-order valence-corrected chi connectivity index (χ2v) is 9.60. The minimum atomic E-state index is -3.74. The Balaban J connectivity index is 2.32. The molecular weight excluding hydrogens is 436 g/mol. The Kier molecular flexibility index (Phi) is 8.77. The largest absolute Gasteiger partial charge is 0.495 e. The minimum absolute atomic E-state index is 0.271. The summed E-state index contributed by atoms with van der Waals surface area (Å²) in [5.74, 6) is 0.0723. The van der Waals surface area contributed by atoms with Crippen molar-refractivity contribution in [3.8, 4) is 5.75 Å². The molecule has 0 aliphatic heterocycles. The Hall–Kier alpha value is -2.25. The average Bonchev–Trinajstić information content (AvgIpc) is 2.74. The number of amides is 1. The molecule has 0 fully saturated rings. The molecule has 0 aromatic heterocycles.